The van der Waals surface area contributed by atoms with E-state index in [4.69, 9.17) is 9.47 Å². The fraction of sp³-hybridized carbons (Fsp3) is 0.833. The van der Waals surface area contributed by atoms with Crippen LogP contribution in [-0.4, -0.2) is 68.6 Å². The second kappa shape index (κ2) is 8.82. The van der Waals surface area contributed by atoms with E-state index in [2.05, 4.69) is 9.88 Å². The number of hydrogen-bond donors (Lipinski definition) is 0. The molecule has 1 saturated heterocycles. The van der Waals surface area contributed by atoms with Crippen LogP contribution < -0.4 is 0 Å². The molecule has 2 rings (SSSR count). The molecule has 2 heterocycles. The van der Waals surface area contributed by atoms with Crippen LogP contribution >= 0.6 is 0 Å². The molecule has 0 bridgehead atoms. The van der Waals surface area contributed by atoms with Crippen molar-refractivity contribution in [3.05, 3.63) is 11.9 Å². The summed E-state index contributed by atoms with van der Waals surface area (Å²) in [6.07, 6.45) is 4.02. The predicted molar refractivity (Wildman–Crippen MR) is 101 cm³/mol. The third-order valence-corrected chi connectivity index (χ3v) is 6.70. The van der Waals surface area contributed by atoms with E-state index in [9.17, 15) is 8.42 Å². The molecule has 1 aromatic rings. The highest BCUT2D eigenvalue weighted by atomic mass is 32.2. The zero-order valence-corrected chi connectivity index (χ0v) is 17.5. The lowest BCUT2D eigenvalue weighted by Crippen LogP contribution is -2.36. The van der Waals surface area contributed by atoms with Gasteiger partial charge in [-0.2, -0.15) is 0 Å². The molecule has 0 radical (unpaired) electrons. The number of hydrogen-bond acceptors (Lipinski definition) is 6. The molecular formula is C18H33N3O4S. The van der Waals surface area contributed by atoms with Gasteiger partial charge in [-0.1, -0.05) is 20.8 Å². The molecule has 0 atom stereocenters. The summed E-state index contributed by atoms with van der Waals surface area (Å²) >= 11 is 0. The van der Waals surface area contributed by atoms with Crippen LogP contribution in [0.4, 0.5) is 0 Å². The summed E-state index contributed by atoms with van der Waals surface area (Å²) in [7, 11) is -0.0770. The Morgan fingerprint density at radius 3 is 2.42 bits per heavy atom. The minimum absolute atomic E-state index is 0.0721. The molecule has 0 aliphatic carbocycles. The van der Waals surface area contributed by atoms with Crippen molar-refractivity contribution in [1.29, 1.82) is 0 Å². The van der Waals surface area contributed by atoms with E-state index in [-0.39, 0.29) is 16.3 Å². The first-order chi connectivity index (χ1) is 12.2. The van der Waals surface area contributed by atoms with Crippen LogP contribution in [0.3, 0.4) is 0 Å². The molecule has 1 aliphatic heterocycles. The van der Waals surface area contributed by atoms with Crippen molar-refractivity contribution < 1.29 is 17.9 Å². The molecule has 0 N–H and O–H groups in total. The largest absolute Gasteiger partial charge is 0.383 e. The molecule has 0 aromatic carbocycles. The van der Waals surface area contributed by atoms with Crippen LogP contribution in [0.15, 0.2) is 11.4 Å². The van der Waals surface area contributed by atoms with Gasteiger partial charge in [-0.3, -0.25) is 4.90 Å². The van der Waals surface area contributed by atoms with Gasteiger partial charge in [-0.05, 0) is 18.3 Å². The first kappa shape index (κ1) is 21.3. The molecule has 8 heteroatoms. The first-order valence-electron chi connectivity index (χ1n) is 9.17. The monoisotopic (exact) mass is 387 g/mol. The van der Waals surface area contributed by atoms with E-state index < -0.39 is 9.84 Å². The highest BCUT2D eigenvalue weighted by Crippen LogP contribution is 2.23. The van der Waals surface area contributed by atoms with Crippen LogP contribution in [-0.2, 0) is 32.4 Å². The van der Waals surface area contributed by atoms with Crippen LogP contribution in [0.5, 0.6) is 0 Å². The lowest BCUT2D eigenvalue weighted by Gasteiger charge is -2.31. The average Bonchev–Trinajstić information content (AvgIpc) is 2.95. The van der Waals surface area contributed by atoms with E-state index >= 15 is 0 Å². The van der Waals surface area contributed by atoms with Gasteiger partial charge < -0.3 is 14.0 Å². The maximum absolute atomic E-state index is 12.9. The van der Waals surface area contributed by atoms with Gasteiger partial charge in [0, 0.05) is 40.4 Å². The third kappa shape index (κ3) is 5.77. The molecule has 1 aromatic heterocycles. The van der Waals surface area contributed by atoms with Crippen LogP contribution in [0.2, 0.25) is 0 Å². The number of likely N-dealkylation sites (tertiary alicyclic amines) is 1. The zero-order chi connectivity index (χ0) is 19.4. The number of imidazole rings is 1. The third-order valence-electron chi connectivity index (χ3n) is 4.58. The second-order valence-corrected chi connectivity index (χ2v) is 10.1. The molecule has 0 spiro atoms. The van der Waals surface area contributed by atoms with E-state index in [1.165, 1.54) is 0 Å². The lowest BCUT2D eigenvalue weighted by molar-refractivity contribution is 0.0380. The quantitative estimate of drug-likeness (QED) is 0.679. The topological polar surface area (TPSA) is 73.7 Å². The molecular weight excluding hydrogens is 354 g/mol. The molecule has 0 saturated carbocycles. The van der Waals surface area contributed by atoms with Crippen molar-refractivity contribution in [2.75, 3.05) is 39.7 Å². The van der Waals surface area contributed by atoms with Crippen molar-refractivity contribution in [3.8, 4) is 0 Å². The molecule has 7 nitrogen and oxygen atoms in total. The minimum atomic E-state index is -3.45. The van der Waals surface area contributed by atoms with Gasteiger partial charge in [0.25, 0.3) is 0 Å². The smallest absolute Gasteiger partial charge is 0.227 e. The van der Waals surface area contributed by atoms with E-state index in [1.54, 1.807) is 20.4 Å². The van der Waals surface area contributed by atoms with Crippen molar-refractivity contribution >= 4 is 9.84 Å². The molecule has 26 heavy (non-hydrogen) atoms. The number of sulfone groups is 1. The van der Waals surface area contributed by atoms with Gasteiger partial charge in [-0.25, -0.2) is 13.4 Å². The van der Waals surface area contributed by atoms with Crippen molar-refractivity contribution in [1.82, 2.24) is 14.5 Å². The van der Waals surface area contributed by atoms with E-state index in [1.807, 2.05) is 25.3 Å². The maximum atomic E-state index is 12.9. The minimum Gasteiger partial charge on any atom is -0.383 e. The van der Waals surface area contributed by atoms with Gasteiger partial charge in [0.15, 0.2) is 0 Å². The number of methoxy groups -OCH3 is 2. The Labute approximate surface area is 157 Å². The standard InChI is InChI=1S/C18H33N3O4S/c1-18(2,3)14-26(22,23)17-19-12-15(21(17)10-11-24-4)13-20-8-6-16(25-5)7-9-20/h12,16H,6-11,13-14H2,1-5H3. The Morgan fingerprint density at radius 2 is 1.88 bits per heavy atom. The fourth-order valence-electron chi connectivity index (χ4n) is 3.35. The van der Waals surface area contributed by atoms with E-state index in [0.29, 0.717) is 25.8 Å². The summed E-state index contributed by atoms with van der Waals surface area (Å²) in [5, 5.41) is 0.159. The fourth-order valence-corrected chi connectivity index (χ4v) is 5.38. The van der Waals surface area contributed by atoms with Crippen LogP contribution in [0, 0.1) is 5.41 Å². The average molecular weight is 388 g/mol. The summed E-state index contributed by atoms with van der Waals surface area (Å²) in [5.74, 6) is 0.0721. The molecule has 1 fully saturated rings. The van der Waals surface area contributed by atoms with Crippen molar-refractivity contribution in [2.24, 2.45) is 5.41 Å². The first-order valence-corrected chi connectivity index (χ1v) is 10.8. The highest BCUT2D eigenvalue weighted by Gasteiger charge is 2.29. The Morgan fingerprint density at radius 1 is 1.23 bits per heavy atom. The van der Waals surface area contributed by atoms with Gasteiger partial charge in [-0.15, -0.1) is 0 Å². The zero-order valence-electron chi connectivity index (χ0n) is 16.7. The van der Waals surface area contributed by atoms with Crippen molar-refractivity contribution in [3.63, 3.8) is 0 Å². The predicted octanol–water partition coefficient (Wildman–Crippen LogP) is 1.96. The van der Waals surface area contributed by atoms with Crippen LogP contribution in [0.1, 0.15) is 39.3 Å². The lowest BCUT2D eigenvalue weighted by atomic mass is 10.0. The molecule has 1 aliphatic rings. The SMILES string of the molecule is COCCn1c(CN2CCC(OC)CC2)cnc1S(=O)(=O)CC(C)(C)C. The molecule has 150 valence electrons. The number of rotatable bonds is 8. The summed E-state index contributed by atoms with van der Waals surface area (Å²) in [6, 6.07) is 0. The Kier molecular flexibility index (Phi) is 7.24. The summed E-state index contributed by atoms with van der Waals surface area (Å²) in [6.45, 7) is 9.29. The van der Waals surface area contributed by atoms with Gasteiger partial charge in [0.05, 0.1) is 30.4 Å². The summed E-state index contributed by atoms with van der Waals surface area (Å²) in [5.41, 5.74) is 0.601. The normalized spacial score (nSPS) is 17.7. The second-order valence-electron chi connectivity index (χ2n) is 8.21. The number of nitrogens with zero attached hydrogens (tertiary/aromatic N) is 3. The van der Waals surface area contributed by atoms with Crippen molar-refractivity contribution in [2.45, 2.75) is 58.0 Å². The molecule has 0 unspecified atom stereocenters. The van der Waals surface area contributed by atoms with Gasteiger partial charge >= 0.3 is 0 Å². The number of ether oxygens (including phenoxy) is 2. The number of aromatic nitrogens is 2. The van der Waals surface area contributed by atoms with Crippen LogP contribution in [0.25, 0.3) is 0 Å². The summed E-state index contributed by atoms with van der Waals surface area (Å²) in [4.78, 5) is 6.62. The van der Waals surface area contributed by atoms with Gasteiger partial charge in [0.1, 0.15) is 0 Å². The molecule has 0 amide bonds. The summed E-state index contributed by atoms with van der Waals surface area (Å²) < 4.78 is 38.1. The Hall–Kier alpha value is -0.960. The number of piperidine rings is 1. The Balaban J connectivity index is 2.20. The van der Waals surface area contributed by atoms with Gasteiger partial charge in [0.2, 0.25) is 15.0 Å². The highest BCUT2D eigenvalue weighted by molar-refractivity contribution is 7.91. The maximum Gasteiger partial charge on any atom is 0.227 e. The Bertz CT molecular complexity index is 671. The van der Waals surface area contributed by atoms with E-state index in [0.717, 1.165) is 31.6 Å².